The predicted octanol–water partition coefficient (Wildman–Crippen LogP) is 2.93. The molecule has 0 amide bonds. The Balaban J connectivity index is 2.39. The molecule has 0 fully saturated rings. The van der Waals surface area contributed by atoms with E-state index >= 15 is 0 Å². The van der Waals surface area contributed by atoms with Crippen molar-refractivity contribution in [3.05, 3.63) is 41.6 Å². The number of hydrogen-bond donors (Lipinski definition) is 2. The van der Waals surface area contributed by atoms with E-state index in [2.05, 4.69) is 9.97 Å². The molecule has 4 heteroatoms. The molecular formula is C13H16FN3. The van der Waals surface area contributed by atoms with Crippen molar-refractivity contribution in [3.63, 3.8) is 0 Å². The number of nitrogens with one attached hydrogen (secondary N) is 1. The van der Waals surface area contributed by atoms with E-state index in [0.29, 0.717) is 0 Å². The number of halogens is 1. The highest BCUT2D eigenvalue weighted by molar-refractivity contribution is 5.61. The normalized spacial score (nSPS) is 12.7. The maximum atomic E-state index is 12.8. The maximum absolute atomic E-state index is 12.8. The summed E-state index contributed by atoms with van der Waals surface area (Å²) < 4.78 is 12.8. The zero-order valence-corrected chi connectivity index (χ0v) is 10.00. The van der Waals surface area contributed by atoms with Crippen LogP contribution in [0, 0.1) is 12.7 Å². The van der Waals surface area contributed by atoms with Crippen LogP contribution in [0.2, 0.25) is 0 Å². The van der Waals surface area contributed by atoms with Gasteiger partial charge in [0.05, 0.1) is 11.7 Å². The molecular weight excluding hydrogens is 217 g/mol. The quantitative estimate of drug-likeness (QED) is 0.856. The van der Waals surface area contributed by atoms with Gasteiger partial charge in [-0.3, -0.25) is 0 Å². The Kier molecular flexibility index (Phi) is 3.24. The largest absolute Gasteiger partial charge is 0.344 e. The molecule has 0 aliphatic heterocycles. The van der Waals surface area contributed by atoms with Gasteiger partial charge in [-0.15, -0.1) is 0 Å². The van der Waals surface area contributed by atoms with E-state index < -0.39 is 0 Å². The zero-order valence-electron chi connectivity index (χ0n) is 10.00. The summed E-state index contributed by atoms with van der Waals surface area (Å²) in [5.41, 5.74) is 8.61. The standard InChI is InChI=1S/C13H16FN3/c1-3-11(15)13-16-8(2)12(17-13)9-4-6-10(14)7-5-9/h4-7,11H,3,15H2,1-2H3,(H,16,17). The van der Waals surface area contributed by atoms with Crippen LogP contribution < -0.4 is 5.73 Å². The minimum absolute atomic E-state index is 0.0806. The Labute approximate surface area is 99.9 Å². The fraction of sp³-hybridized carbons (Fsp3) is 0.308. The molecule has 1 aromatic carbocycles. The highest BCUT2D eigenvalue weighted by Crippen LogP contribution is 2.23. The molecule has 2 aromatic rings. The molecule has 3 N–H and O–H groups in total. The van der Waals surface area contributed by atoms with E-state index in [0.717, 1.165) is 29.2 Å². The monoisotopic (exact) mass is 233 g/mol. The summed E-state index contributed by atoms with van der Waals surface area (Å²) in [7, 11) is 0. The van der Waals surface area contributed by atoms with Crippen LogP contribution in [0.5, 0.6) is 0 Å². The first kappa shape index (κ1) is 11.8. The van der Waals surface area contributed by atoms with Gasteiger partial charge in [-0.2, -0.15) is 0 Å². The number of hydrogen-bond acceptors (Lipinski definition) is 2. The van der Waals surface area contributed by atoms with E-state index in [4.69, 9.17) is 5.73 Å². The molecule has 0 aliphatic carbocycles. The third-order valence-electron chi connectivity index (χ3n) is 2.81. The van der Waals surface area contributed by atoms with Crippen LogP contribution in [0.15, 0.2) is 24.3 Å². The minimum Gasteiger partial charge on any atom is -0.344 e. The van der Waals surface area contributed by atoms with E-state index in [1.165, 1.54) is 12.1 Å². The Morgan fingerprint density at radius 2 is 2.00 bits per heavy atom. The van der Waals surface area contributed by atoms with Crippen molar-refractivity contribution in [2.24, 2.45) is 5.73 Å². The number of aryl methyl sites for hydroxylation is 1. The number of aromatic amines is 1. The summed E-state index contributed by atoms with van der Waals surface area (Å²) in [5, 5.41) is 0. The molecule has 0 saturated carbocycles. The lowest BCUT2D eigenvalue weighted by molar-refractivity contribution is 0.628. The second-order valence-corrected chi connectivity index (χ2v) is 4.12. The van der Waals surface area contributed by atoms with Crippen LogP contribution >= 0.6 is 0 Å². The van der Waals surface area contributed by atoms with E-state index in [9.17, 15) is 4.39 Å². The number of aromatic nitrogens is 2. The highest BCUT2D eigenvalue weighted by Gasteiger charge is 2.12. The smallest absolute Gasteiger partial charge is 0.123 e. The van der Waals surface area contributed by atoms with Crippen LogP contribution in [-0.4, -0.2) is 9.97 Å². The first-order valence-electron chi connectivity index (χ1n) is 5.69. The van der Waals surface area contributed by atoms with E-state index in [1.807, 2.05) is 13.8 Å². The molecule has 90 valence electrons. The Morgan fingerprint density at radius 3 is 2.59 bits per heavy atom. The third-order valence-corrected chi connectivity index (χ3v) is 2.81. The fourth-order valence-corrected chi connectivity index (χ4v) is 1.74. The summed E-state index contributed by atoms with van der Waals surface area (Å²) in [6.07, 6.45) is 0.829. The molecule has 1 heterocycles. The molecule has 0 aliphatic rings. The first-order chi connectivity index (χ1) is 8.11. The van der Waals surface area contributed by atoms with Crippen LogP contribution in [0.25, 0.3) is 11.3 Å². The molecule has 0 spiro atoms. The van der Waals surface area contributed by atoms with Crippen molar-refractivity contribution in [3.8, 4) is 11.3 Å². The average molecular weight is 233 g/mol. The van der Waals surface area contributed by atoms with Crippen LogP contribution in [0.3, 0.4) is 0 Å². The number of nitrogens with two attached hydrogens (primary N) is 1. The van der Waals surface area contributed by atoms with Gasteiger partial charge in [0, 0.05) is 11.3 Å². The summed E-state index contributed by atoms with van der Waals surface area (Å²) in [4.78, 5) is 7.66. The number of imidazole rings is 1. The Hall–Kier alpha value is -1.68. The van der Waals surface area contributed by atoms with Gasteiger partial charge >= 0.3 is 0 Å². The van der Waals surface area contributed by atoms with Gasteiger partial charge in [0.2, 0.25) is 0 Å². The highest BCUT2D eigenvalue weighted by atomic mass is 19.1. The number of H-pyrrole nitrogens is 1. The Bertz CT molecular complexity index is 502. The zero-order chi connectivity index (χ0) is 12.4. The molecule has 0 bridgehead atoms. The number of nitrogens with zero attached hydrogens (tertiary/aromatic N) is 1. The number of benzene rings is 1. The molecule has 1 aromatic heterocycles. The summed E-state index contributed by atoms with van der Waals surface area (Å²) >= 11 is 0. The topological polar surface area (TPSA) is 54.7 Å². The van der Waals surface area contributed by atoms with Gasteiger partial charge in [0.15, 0.2) is 0 Å². The molecule has 1 atom stereocenters. The van der Waals surface area contributed by atoms with Crippen LogP contribution in [-0.2, 0) is 0 Å². The van der Waals surface area contributed by atoms with Gasteiger partial charge in [0.1, 0.15) is 11.6 Å². The second-order valence-electron chi connectivity index (χ2n) is 4.12. The summed E-state index contributed by atoms with van der Waals surface area (Å²) in [5.74, 6) is 0.539. The van der Waals surface area contributed by atoms with Crippen molar-refractivity contribution in [1.82, 2.24) is 9.97 Å². The SMILES string of the molecule is CCC(N)c1nc(-c2ccc(F)cc2)c(C)[nH]1. The third kappa shape index (κ3) is 2.36. The molecule has 2 rings (SSSR count). The lowest BCUT2D eigenvalue weighted by atomic mass is 10.1. The minimum atomic E-state index is -0.243. The van der Waals surface area contributed by atoms with E-state index in [-0.39, 0.29) is 11.9 Å². The van der Waals surface area contributed by atoms with Crippen molar-refractivity contribution in [2.75, 3.05) is 0 Å². The van der Waals surface area contributed by atoms with Crippen molar-refractivity contribution < 1.29 is 4.39 Å². The lowest BCUT2D eigenvalue weighted by Gasteiger charge is -2.02. The van der Waals surface area contributed by atoms with Crippen LogP contribution in [0.4, 0.5) is 4.39 Å². The van der Waals surface area contributed by atoms with E-state index in [1.54, 1.807) is 12.1 Å². The number of rotatable bonds is 3. The second kappa shape index (κ2) is 4.67. The fourth-order valence-electron chi connectivity index (χ4n) is 1.74. The molecule has 17 heavy (non-hydrogen) atoms. The van der Waals surface area contributed by atoms with Crippen molar-refractivity contribution >= 4 is 0 Å². The molecule has 1 unspecified atom stereocenters. The van der Waals surface area contributed by atoms with Gasteiger partial charge in [-0.25, -0.2) is 9.37 Å². The van der Waals surface area contributed by atoms with Gasteiger partial charge < -0.3 is 10.7 Å². The lowest BCUT2D eigenvalue weighted by Crippen LogP contribution is -2.10. The van der Waals surface area contributed by atoms with Crippen molar-refractivity contribution in [2.45, 2.75) is 26.3 Å². The van der Waals surface area contributed by atoms with Crippen LogP contribution in [0.1, 0.15) is 30.9 Å². The molecule has 3 nitrogen and oxygen atoms in total. The van der Waals surface area contributed by atoms with Gasteiger partial charge in [-0.05, 0) is 37.6 Å². The molecule has 0 radical (unpaired) electrons. The van der Waals surface area contributed by atoms with Gasteiger partial charge in [-0.1, -0.05) is 6.92 Å². The Morgan fingerprint density at radius 1 is 1.35 bits per heavy atom. The summed E-state index contributed by atoms with van der Waals surface area (Å²) in [6, 6.07) is 6.23. The maximum Gasteiger partial charge on any atom is 0.123 e. The summed E-state index contributed by atoms with van der Waals surface area (Å²) in [6.45, 7) is 3.96. The first-order valence-corrected chi connectivity index (χ1v) is 5.69. The molecule has 0 saturated heterocycles. The van der Waals surface area contributed by atoms with Gasteiger partial charge in [0.25, 0.3) is 0 Å². The predicted molar refractivity (Wildman–Crippen MR) is 65.9 cm³/mol. The average Bonchev–Trinajstić information content (AvgIpc) is 2.71. The van der Waals surface area contributed by atoms with Crippen molar-refractivity contribution in [1.29, 1.82) is 0 Å².